The van der Waals surface area contributed by atoms with E-state index in [1.165, 1.54) is 6.07 Å². The summed E-state index contributed by atoms with van der Waals surface area (Å²) in [4.78, 5) is 0. The van der Waals surface area contributed by atoms with Gasteiger partial charge in [-0.1, -0.05) is 11.6 Å². The third-order valence-corrected chi connectivity index (χ3v) is 1.96. The van der Waals surface area contributed by atoms with Crippen molar-refractivity contribution in [3.63, 3.8) is 0 Å². The second-order valence-corrected chi connectivity index (χ2v) is 3.29. The summed E-state index contributed by atoms with van der Waals surface area (Å²) in [6, 6.07) is 1.42. The molecule has 0 aliphatic carbocycles. The molecule has 0 fully saturated rings. The van der Waals surface area contributed by atoms with E-state index in [1.54, 1.807) is 6.92 Å². The second kappa shape index (κ2) is 3.06. The van der Waals surface area contributed by atoms with Gasteiger partial charge in [0.1, 0.15) is 0 Å². The van der Waals surface area contributed by atoms with E-state index in [0.717, 1.165) is 0 Å². The number of hydrogen-bond acceptors (Lipinski definition) is 3. The Labute approximate surface area is 86.7 Å². The van der Waals surface area contributed by atoms with E-state index < -0.39 is 12.0 Å². The van der Waals surface area contributed by atoms with Crippen LogP contribution in [0.5, 0.6) is 0 Å². The summed E-state index contributed by atoms with van der Waals surface area (Å²) in [5.74, 6) is -1.18. The number of hydrogen-bond donors (Lipinski definition) is 0. The van der Waals surface area contributed by atoms with Crippen molar-refractivity contribution in [3.05, 3.63) is 22.6 Å². The molecule has 0 N–H and O–H groups in total. The van der Waals surface area contributed by atoms with Crippen LogP contribution < -0.4 is 0 Å². The smallest absolute Gasteiger partial charge is 0.187 e. The first kappa shape index (κ1) is 10.2. The molecule has 0 aliphatic heterocycles. The Balaban J connectivity index is 2.80. The molecule has 2 aromatic heterocycles. The summed E-state index contributed by atoms with van der Waals surface area (Å²) in [5.41, 5.74) is 0.532. The van der Waals surface area contributed by atoms with Crippen LogP contribution in [0, 0.1) is 6.92 Å². The Hall–Kier alpha value is -1.37. The third-order valence-electron chi connectivity index (χ3n) is 1.78. The highest BCUT2D eigenvalue weighted by atomic mass is 35.5. The minimum absolute atomic E-state index is 0.0368. The fourth-order valence-electron chi connectivity index (χ4n) is 1.16. The maximum atomic E-state index is 12.4. The second-order valence-electron chi connectivity index (χ2n) is 2.91. The number of fused-ring (bicyclic) bond motifs is 1. The summed E-state index contributed by atoms with van der Waals surface area (Å²) in [6.07, 6.45) is -4.59. The predicted octanol–water partition coefficient (Wildman–Crippen LogP) is 2.10. The Morgan fingerprint density at radius 1 is 1.33 bits per heavy atom. The van der Waals surface area contributed by atoms with E-state index in [0.29, 0.717) is 10.1 Å². The summed E-state index contributed by atoms with van der Waals surface area (Å²) >= 11 is 5.55. The molecule has 0 spiro atoms. The fraction of sp³-hybridized carbons (Fsp3) is 0.286. The molecule has 0 aromatic carbocycles. The van der Waals surface area contributed by atoms with Crippen LogP contribution in [-0.4, -0.2) is 19.8 Å². The molecule has 4 nitrogen and oxygen atoms in total. The Morgan fingerprint density at radius 2 is 2.00 bits per heavy atom. The molecule has 0 unspecified atom stereocenters. The summed E-state index contributed by atoms with van der Waals surface area (Å²) in [6.45, 7) is 1.58. The maximum absolute atomic E-state index is 12.4. The van der Waals surface area contributed by atoms with Gasteiger partial charge in [-0.3, -0.25) is 0 Å². The average Bonchev–Trinajstić information content (AvgIpc) is 2.45. The van der Waals surface area contributed by atoms with Crippen molar-refractivity contribution in [2.45, 2.75) is 13.1 Å². The lowest BCUT2D eigenvalue weighted by atomic mass is 10.3. The van der Waals surface area contributed by atoms with Crippen molar-refractivity contribution in [1.29, 1.82) is 0 Å². The highest BCUT2D eigenvalue weighted by Crippen LogP contribution is 2.28. The Morgan fingerprint density at radius 3 is 2.60 bits per heavy atom. The third kappa shape index (κ3) is 1.63. The van der Waals surface area contributed by atoms with Crippen molar-refractivity contribution >= 4 is 17.2 Å². The first-order chi connectivity index (χ1) is 6.89. The van der Waals surface area contributed by atoms with Gasteiger partial charge in [-0.25, -0.2) is 0 Å². The lowest BCUT2D eigenvalue weighted by molar-refractivity contribution is -0.146. The lowest BCUT2D eigenvalue weighted by Gasteiger charge is -2.03. The van der Waals surface area contributed by atoms with Crippen LogP contribution in [0.2, 0.25) is 5.15 Å². The van der Waals surface area contributed by atoms with Gasteiger partial charge in [0.25, 0.3) is 5.82 Å². The molecular weight excluding hydrogens is 233 g/mol. The van der Waals surface area contributed by atoms with E-state index in [1.807, 2.05) is 0 Å². The molecule has 2 heterocycles. The van der Waals surface area contributed by atoms with Crippen LogP contribution >= 0.6 is 11.6 Å². The zero-order chi connectivity index (χ0) is 11.2. The van der Waals surface area contributed by atoms with Gasteiger partial charge in [0.2, 0.25) is 0 Å². The maximum Gasteiger partial charge on any atom is 0.453 e. The minimum atomic E-state index is -4.59. The van der Waals surface area contributed by atoms with Gasteiger partial charge < -0.3 is 0 Å². The quantitative estimate of drug-likeness (QED) is 0.704. The number of aromatic nitrogens is 4. The zero-order valence-corrected chi connectivity index (χ0v) is 8.13. The molecule has 80 valence electrons. The molecule has 0 bridgehead atoms. The molecule has 8 heteroatoms. The van der Waals surface area contributed by atoms with Crippen LogP contribution in [0.25, 0.3) is 5.65 Å². The van der Waals surface area contributed by atoms with Gasteiger partial charge in [-0.05, 0) is 18.6 Å². The number of nitrogens with zero attached hydrogens (tertiary/aromatic N) is 4. The molecule has 2 rings (SSSR count). The van der Waals surface area contributed by atoms with Crippen molar-refractivity contribution in [3.8, 4) is 0 Å². The highest BCUT2D eigenvalue weighted by molar-refractivity contribution is 6.29. The first-order valence-electron chi connectivity index (χ1n) is 3.85. The van der Waals surface area contributed by atoms with Crippen molar-refractivity contribution < 1.29 is 13.2 Å². The van der Waals surface area contributed by atoms with Gasteiger partial charge in [0, 0.05) is 0 Å². The summed E-state index contributed by atoms with van der Waals surface area (Å²) in [7, 11) is 0. The number of aryl methyl sites for hydroxylation is 1. The number of halogens is 4. The normalized spacial score (nSPS) is 12.3. The SMILES string of the molecule is Cc1cc(Cl)nn2c(C(F)(F)F)nnc12. The van der Waals surface area contributed by atoms with Gasteiger partial charge in [0.05, 0.1) is 0 Å². The summed E-state index contributed by atoms with van der Waals surface area (Å²) < 4.78 is 37.8. The van der Waals surface area contributed by atoms with E-state index >= 15 is 0 Å². The average molecular weight is 237 g/mol. The van der Waals surface area contributed by atoms with Crippen molar-refractivity contribution in [1.82, 2.24) is 19.8 Å². The first-order valence-corrected chi connectivity index (χ1v) is 4.23. The molecular formula is C7H4ClF3N4. The molecule has 15 heavy (non-hydrogen) atoms. The van der Waals surface area contributed by atoms with Gasteiger partial charge in [-0.15, -0.1) is 10.2 Å². The molecule has 0 amide bonds. The molecule has 0 atom stereocenters. The van der Waals surface area contributed by atoms with E-state index in [4.69, 9.17) is 11.6 Å². The van der Waals surface area contributed by atoms with Crippen LogP contribution in [0.4, 0.5) is 13.2 Å². The van der Waals surface area contributed by atoms with Crippen LogP contribution in [0.1, 0.15) is 11.4 Å². The monoisotopic (exact) mass is 236 g/mol. The topological polar surface area (TPSA) is 43.1 Å². The predicted molar refractivity (Wildman–Crippen MR) is 45.5 cm³/mol. The summed E-state index contributed by atoms with van der Waals surface area (Å²) in [5, 5.41) is 9.90. The van der Waals surface area contributed by atoms with Crippen molar-refractivity contribution in [2.24, 2.45) is 0 Å². The van der Waals surface area contributed by atoms with E-state index in [9.17, 15) is 13.2 Å². The van der Waals surface area contributed by atoms with E-state index in [-0.39, 0.29) is 10.8 Å². The Kier molecular flexibility index (Phi) is 2.07. The highest BCUT2D eigenvalue weighted by Gasteiger charge is 2.37. The lowest BCUT2D eigenvalue weighted by Crippen LogP contribution is -2.12. The molecule has 2 aromatic rings. The fourth-order valence-corrected chi connectivity index (χ4v) is 1.40. The van der Waals surface area contributed by atoms with Gasteiger partial charge in [-0.2, -0.15) is 22.8 Å². The number of alkyl halides is 3. The largest absolute Gasteiger partial charge is 0.453 e. The van der Waals surface area contributed by atoms with Crippen LogP contribution in [0.15, 0.2) is 6.07 Å². The molecule has 0 aliphatic rings. The zero-order valence-electron chi connectivity index (χ0n) is 7.38. The van der Waals surface area contributed by atoms with Crippen LogP contribution in [-0.2, 0) is 6.18 Å². The van der Waals surface area contributed by atoms with Crippen molar-refractivity contribution in [2.75, 3.05) is 0 Å². The van der Waals surface area contributed by atoms with Gasteiger partial charge in [0.15, 0.2) is 10.8 Å². The molecule has 0 saturated heterocycles. The number of rotatable bonds is 0. The van der Waals surface area contributed by atoms with Gasteiger partial charge >= 0.3 is 6.18 Å². The Bertz CT molecular complexity index is 519. The van der Waals surface area contributed by atoms with Crippen LogP contribution in [0.3, 0.4) is 0 Å². The molecule has 0 saturated carbocycles. The minimum Gasteiger partial charge on any atom is -0.187 e. The van der Waals surface area contributed by atoms with E-state index in [2.05, 4.69) is 15.3 Å². The molecule has 0 radical (unpaired) electrons. The standard InChI is InChI=1S/C7H4ClF3N4/c1-3-2-4(8)14-15-5(3)12-13-6(15)7(9,10)11/h2H,1H3.